The third-order valence-corrected chi connectivity index (χ3v) is 22.6. The van der Waals surface area contributed by atoms with Crippen LogP contribution in [-0.2, 0) is 91.7 Å². The zero-order valence-corrected chi connectivity index (χ0v) is 62.7. The van der Waals surface area contributed by atoms with Gasteiger partial charge in [-0.15, -0.1) is 0 Å². The predicted octanol–water partition coefficient (Wildman–Crippen LogP) is -16.9. The molecule has 674 valence electrons. The number of rotatable bonds is 30. The van der Waals surface area contributed by atoms with Gasteiger partial charge in [-0.1, -0.05) is 26.0 Å². The summed E-state index contributed by atoms with van der Waals surface area (Å²) in [6.07, 6.45) is -82.1. The number of nitrogens with one attached hydrogen (secondary N) is 1. The number of aliphatic hydroxyl groups is 29. The van der Waals surface area contributed by atoms with Gasteiger partial charge in [0.2, 0.25) is 12.2 Å². The molecule has 30 N–H and O–H groups in total. The van der Waals surface area contributed by atoms with Gasteiger partial charge in [-0.05, 0) is 24.1 Å². The van der Waals surface area contributed by atoms with Crippen molar-refractivity contribution < 1.29 is 238 Å². The van der Waals surface area contributed by atoms with Gasteiger partial charge < -0.3 is 243 Å². The van der Waals surface area contributed by atoms with Crippen LogP contribution in [0.15, 0.2) is 35.9 Å². The molecule has 46 unspecified atom stereocenters. The summed E-state index contributed by atoms with van der Waals surface area (Å²) >= 11 is 0. The van der Waals surface area contributed by atoms with Crippen LogP contribution >= 0.6 is 0 Å². The van der Waals surface area contributed by atoms with Crippen molar-refractivity contribution in [2.24, 2.45) is 11.3 Å². The minimum atomic E-state index is -2.12. The summed E-state index contributed by atoms with van der Waals surface area (Å²) in [4.78, 5) is 0. The smallest absolute Gasteiger partial charge is 0.229 e. The van der Waals surface area contributed by atoms with Crippen LogP contribution in [0.5, 0.6) is 5.75 Å². The molecule has 0 aliphatic carbocycles. The number of hydrogen-bond acceptors (Lipinski definition) is 49. The largest absolute Gasteiger partial charge is 0.506 e. The Kier molecular flexibility index (Phi) is 32.2. The highest BCUT2D eigenvalue weighted by atomic mass is 16.8. The maximum Gasteiger partial charge on any atom is 0.229 e. The van der Waals surface area contributed by atoms with Crippen molar-refractivity contribution in [2.45, 2.75) is 297 Å². The Bertz CT molecular complexity index is 3250. The molecule has 0 radical (unpaired) electrons. The van der Waals surface area contributed by atoms with E-state index in [2.05, 4.69) is 5.32 Å². The van der Waals surface area contributed by atoms with Crippen molar-refractivity contribution in [2.75, 3.05) is 66.6 Å². The minimum absolute atomic E-state index is 0.158. The molecule has 0 saturated carbocycles. The Morgan fingerprint density at radius 2 is 0.581 bits per heavy atom. The molecule has 49 heteroatoms. The van der Waals surface area contributed by atoms with Crippen molar-refractivity contribution in [3.05, 3.63) is 41.5 Å². The standard InChI is InChI=1S/C68H109NO48/c1-68(2)29(69-57(97)56(68)96)8-18-4-6-19(7-5-18)108-67-53(94)46(87)38(79)27(116-67)16-107-66-54(95)55(99-3)39(80)28(115-66)17-106-65-52(93)45(86)37(78)26(114-65)15-105-64-51(92)44(85)36(77)25(113-64)14-104-63-50(91)43(84)35(76)24(112-63)13-103-62-49(90)42(83)34(75)23(111-62)12-102-61-48(89)41(82)33(74)22(110-61)11-101-59-31(72)20(30(71)58(98)117-59)10-100-60-47(88)40(81)32(73)21(9-70)109-60/h4-7,20-55,58-67,69-98H,8-17H2,1-3H3. The molecule has 1 aromatic carbocycles. The van der Waals surface area contributed by atoms with Crippen LogP contribution in [0.1, 0.15) is 19.4 Å². The Labute approximate surface area is 663 Å². The topological polar surface area (TPSA) is 774 Å². The van der Waals surface area contributed by atoms with Crippen LogP contribution in [0.25, 0.3) is 0 Å². The van der Waals surface area contributed by atoms with Crippen molar-refractivity contribution in [3.8, 4) is 5.75 Å². The van der Waals surface area contributed by atoms with Gasteiger partial charge in [0.25, 0.3) is 0 Å². The lowest BCUT2D eigenvalue weighted by Gasteiger charge is -2.45. The first-order valence-electron chi connectivity index (χ1n) is 37.6. The molecule has 0 amide bonds. The summed E-state index contributed by atoms with van der Waals surface area (Å²) in [5, 5.41) is 315. The van der Waals surface area contributed by atoms with Gasteiger partial charge in [0.05, 0.1) is 59.5 Å². The van der Waals surface area contributed by atoms with Crippen LogP contribution in [0.4, 0.5) is 0 Å². The number of aliphatic hydroxyl groups excluding tert-OH is 29. The second-order valence-electron chi connectivity index (χ2n) is 30.8. The van der Waals surface area contributed by atoms with E-state index in [1.165, 1.54) is 12.1 Å². The Morgan fingerprint density at radius 3 is 0.889 bits per heavy atom. The van der Waals surface area contributed by atoms with E-state index < -0.39 is 341 Å². The first-order valence-corrected chi connectivity index (χ1v) is 37.6. The predicted molar refractivity (Wildman–Crippen MR) is 363 cm³/mol. The molecule has 0 spiro atoms. The molecule has 1 aromatic rings. The molecule has 46 atom stereocenters. The normalized spacial score (nSPS) is 49.3. The first-order chi connectivity index (χ1) is 55.3. The summed E-state index contributed by atoms with van der Waals surface area (Å²) in [6, 6.07) is 6.06. The number of methoxy groups -OCH3 is 1. The van der Waals surface area contributed by atoms with Crippen LogP contribution in [0.3, 0.4) is 0 Å². The fourth-order valence-electron chi connectivity index (χ4n) is 14.8. The molecule has 0 aromatic heterocycles. The van der Waals surface area contributed by atoms with Gasteiger partial charge >= 0.3 is 0 Å². The van der Waals surface area contributed by atoms with Gasteiger partial charge in [0.15, 0.2) is 62.4 Å². The monoisotopic (exact) mass is 1710 g/mol. The SMILES string of the molecule is COC1C(O)C(COC2OC(COC3OC(COC4OC(COC5OC(COC6OC(COC7OC(O)C(O)C(COC8OC(CO)C(O)C(O)C8O)C7O)C(O)C(O)C6O)C(O)C(O)C5O)C(O)C(O)C4O)C(O)C(O)C3O)C(O)C(O)C2O)OC(OCC2OC(Oc3ccc(CC4NC(O)=C(O)C4(C)C)cc3)C(O)C(O)C2O)C1O. The van der Waals surface area contributed by atoms with E-state index in [0.717, 1.165) is 12.7 Å². The van der Waals surface area contributed by atoms with Crippen LogP contribution in [0.2, 0.25) is 0 Å². The molecule has 117 heavy (non-hydrogen) atoms. The summed E-state index contributed by atoms with van der Waals surface area (Å²) < 4.78 is 107. The summed E-state index contributed by atoms with van der Waals surface area (Å²) in [6.45, 7) is -3.86. The Hall–Kier alpha value is -3.64. The van der Waals surface area contributed by atoms with Crippen molar-refractivity contribution >= 4 is 0 Å². The maximum atomic E-state index is 11.3. The molecule has 9 saturated heterocycles. The van der Waals surface area contributed by atoms with Gasteiger partial charge in [-0.3, -0.25) is 0 Å². The van der Waals surface area contributed by atoms with E-state index in [1.54, 1.807) is 26.0 Å². The van der Waals surface area contributed by atoms with E-state index in [-0.39, 0.29) is 23.4 Å². The lowest BCUT2D eigenvalue weighted by Crippen LogP contribution is -2.64. The number of ether oxygens (including phenoxy) is 19. The second kappa shape index (κ2) is 40.1. The molecule has 0 bridgehead atoms. The molecule has 9 fully saturated rings. The Balaban J connectivity index is 0.634. The highest BCUT2D eigenvalue weighted by Crippen LogP contribution is 2.39. The fraction of sp³-hybridized carbons (Fsp3) is 0.882. The van der Waals surface area contributed by atoms with Crippen molar-refractivity contribution in [1.82, 2.24) is 5.32 Å². The first kappa shape index (κ1) is 94.0. The quantitative estimate of drug-likeness (QED) is 0.0340. The van der Waals surface area contributed by atoms with Crippen molar-refractivity contribution in [1.29, 1.82) is 0 Å². The molecule has 10 aliphatic rings. The lowest BCUT2D eigenvalue weighted by molar-refractivity contribution is -0.361. The fourth-order valence-corrected chi connectivity index (χ4v) is 14.8. The summed E-state index contributed by atoms with van der Waals surface area (Å²) in [5.41, 5.74) is -0.0301. The van der Waals surface area contributed by atoms with E-state index in [0.29, 0.717) is 6.42 Å². The summed E-state index contributed by atoms with van der Waals surface area (Å²) in [7, 11) is 1.12. The number of benzene rings is 1. The van der Waals surface area contributed by atoms with E-state index >= 15 is 0 Å². The molecular formula is C68H109NO48. The number of hydrogen-bond donors (Lipinski definition) is 30. The summed E-state index contributed by atoms with van der Waals surface area (Å²) in [5.74, 6) is -1.87. The zero-order valence-electron chi connectivity index (χ0n) is 62.7. The second-order valence-corrected chi connectivity index (χ2v) is 30.8. The van der Waals surface area contributed by atoms with Gasteiger partial charge in [-0.25, -0.2) is 0 Å². The van der Waals surface area contributed by atoms with Crippen molar-refractivity contribution in [3.63, 3.8) is 0 Å². The molecule has 11 rings (SSSR count). The molecule has 49 nitrogen and oxygen atoms in total. The average molecular weight is 1710 g/mol. The maximum absolute atomic E-state index is 11.3. The molecular weight excluding hydrogens is 1600 g/mol. The highest BCUT2D eigenvalue weighted by Gasteiger charge is 2.57. The minimum Gasteiger partial charge on any atom is -0.506 e. The lowest BCUT2D eigenvalue weighted by atomic mass is 9.82. The average Bonchev–Trinajstić information content (AvgIpc) is 1.38. The third kappa shape index (κ3) is 20.5. The van der Waals surface area contributed by atoms with Gasteiger partial charge in [-0.2, -0.15) is 0 Å². The zero-order chi connectivity index (χ0) is 85.4. The van der Waals surface area contributed by atoms with E-state index in [9.17, 15) is 148 Å². The highest BCUT2D eigenvalue weighted by molar-refractivity contribution is 5.30. The van der Waals surface area contributed by atoms with Gasteiger partial charge in [0, 0.05) is 24.5 Å². The molecule has 10 heterocycles. The van der Waals surface area contributed by atoms with Gasteiger partial charge in [0.1, 0.15) is 213 Å². The van der Waals surface area contributed by atoms with Crippen LogP contribution in [0, 0.1) is 11.3 Å². The third-order valence-electron chi connectivity index (χ3n) is 22.6. The van der Waals surface area contributed by atoms with E-state index in [1.807, 2.05) is 0 Å². The molecule has 10 aliphatic heterocycles. The Morgan fingerprint density at radius 1 is 0.308 bits per heavy atom. The van der Waals surface area contributed by atoms with Crippen LogP contribution in [-0.4, -0.2) is 491 Å². The van der Waals surface area contributed by atoms with Crippen LogP contribution < -0.4 is 10.1 Å². The van der Waals surface area contributed by atoms with E-state index in [4.69, 9.17) is 90.0 Å².